The molecule has 0 spiro atoms. The minimum Gasteiger partial charge on any atom is -0.457 e. The topological polar surface area (TPSA) is 36.0 Å². The Labute approximate surface area is 161 Å². The van der Waals surface area contributed by atoms with Gasteiger partial charge in [0.2, 0.25) is 0 Å². The third-order valence-corrected chi connectivity index (χ3v) is 5.59. The largest absolute Gasteiger partial charge is 0.457 e. The SMILES string of the molecule is CN1CCN(C2CCN(C(=O)c3ccc(Oc4ccccc4)cc3)C2)CC1. The molecule has 0 N–H and O–H groups in total. The zero-order valence-corrected chi connectivity index (χ0v) is 15.9. The normalized spacial score (nSPS) is 21.4. The van der Waals surface area contributed by atoms with Crippen molar-refractivity contribution in [2.75, 3.05) is 46.3 Å². The Hall–Kier alpha value is -2.37. The molecule has 1 amide bonds. The van der Waals surface area contributed by atoms with Crippen molar-refractivity contribution in [3.8, 4) is 11.5 Å². The summed E-state index contributed by atoms with van der Waals surface area (Å²) in [4.78, 5) is 19.8. The molecule has 142 valence electrons. The molecule has 1 unspecified atom stereocenters. The van der Waals surface area contributed by atoms with Crippen molar-refractivity contribution in [1.82, 2.24) is 14.7 Å². The lowest BCUT2D eigenvalue weighted by molar-refractivity contribution is 0.0755. The van der Waals surface area contributed by atoms with Crippen molar-refractivity contribution in [3.05, 3.63) is 60.2 Å². The molecular weight excluding hydrogens is 338 g/mol. The quantitative estimate of drug-likeness (QED) is 0.835. The second kappa shape index (κ2) is 8.11. The van der Waals surface area contributed by atoms with E-state index in [0.717, 1.165) is 62.8 Å². The van der Waals surface area contributed by atoms with E-state index in [2.05, 4.69) is 16.8 Å². The van der Waals surface area contributed by atoms with E-state index >= 15 is 0 Å². The van der Waals surface area contributed by atoms with Crippen molar-refractivity contribution >= 4 is 5.91 Å². The minimum atomic E-state index is 0.123. The Bertz CT molecular complexity index is 755. The number of nitrogens with zero attached hydrogens (tertiary/aromatic N) is 3. The van der Waals surface area contributed by atoms with Crippen LogP contribution in [0, 0.1) is 0 Å². The lowest BCUT2D eigenvalue weighted by atomic mass is 10.2. The van der Waals surface area contributed by atoms with Crippen molar-refractivity contribution < 1.29 is 9.53 Å². The van der Waals surface area contributed by atoms with Crippen molar-refractivity contribution in [2.45, 2.75) is 12.5 Å². The lowest BCUT2D eigenvalue weighted by Gasteiger charge is -2.36. The summed E-state index contributed by atoms with van der Waals surface area (Å²) in [6.45, 7) is 6.13. The van der Waals surface area contributed by atoms with Gasteiger partial charge in [-0.3, -0.25) is 9.69 Å². The zero-order chi connectivity index (χ0) is 18.6. The molecule has 2 fully saturated rings. The number of carbonyl (C=O) groups is 1. The first kappa shape index (κ1) is 18.0. The molecular formula is C22H27N3O2. The fourth-order valence-corrected chi connectivity index (χ4v) is 3.88. The summed E-state index contributed by atoms with van der Waals surface area (Å²) in [6.07, 6.45) is 1.07. The van der Waals surface area contributed by atoms with E-state index in [4.69, 9.17) is 4.74 Å². The number of likely N-dealkylation sites (tertiary alicyclic amines) is 1. The number of para-hydroxylation sites is 1. The standard InChI is InChI=1S/C22H27N3O2/c1-23-13-15-24(16-14-23)19-11-12-25(17-19)22(26)18-7-9-21(10-8-18)27-20-5-3-2-4-6-20/h2-10,19H,11-17H2,1H3. The highest BCUT2D eigenvalue weighted by Gasteiger charge is 2.31. The molecule has 2 aromatic carbocycles. The second-order valence-electron chi connectivity index (χ2n) is 7.47. The van der Waals surface area contributed by atoms with Crippen LogP contribution in [0.3, 0.4) is 0 Å². The van der Waals surface area contributed by atoms with Crippen LogP contribution in [0.5, 0.6) is 11.5 Å². The smallest absolute Gasteiger partial charge is 0.253 e. The molecule has 2 aliphatic heterocycles. The molecule has 0 aliphatic carbocycles. The lowest BCUT2D eigenvalue weighted by Crippen LogP contribution is -2.50. The van der Waals surface area contributed by atoms with E-state index in [1.165, 1.54) is 0 Å². The molecule has 5 heteroatoms. The Balaban J connectivity index is 1.34. The maximum atomic E-state index is 12.9. The minimum absolute atomic E-state index is 0.123. The van der Waals surface area contributed by atoms with Crippen molar-refractivity contribution in [1.29, 1.82) is 0 Å². The molecule has 1 atom stereocenters. The number of hydrogen-bond acceptors (Lipinski definition) is 4. The van der Waals surface area contributed by atoms with Gasteiger partial charge < -0.3 is 14.5 Å². The first-order valence-electron chi connectivity index (χ1n) is 9.74. The highest BCUT2D eigenvalue weighted by atomic mass is 16.5. The van der Waals surface area contributed by atoms with E-state index in [0.29, 0.717) is 6.04 Å². The third-order valence-electron chi connectivity index (χ3n) is 5.59. The number of ether oxygens (including phenoxy) is 1. The highest BCUT2D eigenvalue weighted by molar-refractivity contribution is 5.94. The van der Waals surface area contributed by atoms with Gasteiger partial charge in [-0.2, -0.15) is 0 Å². The van der Waals surface area contributed by atoms with Crippen LogP contribution in [-0.2, 0) is 0 Å². The van der Waals surface area contributed by atoms with Gasteiger partial charge in [-0.1, -0.05) is 18.2 Å². The molecule has 5 nitrogen and oxygen atoms in total. The van der Waals surface area contributed by atoms with Crippen LogP contribution < -0.4 is 4.74 Å². The number of hydrogen-bond donors (Lipinski definition) is 0. The van der Waals surface area contributed by atoms with Gasteiger partial charge in [-0.05, 0) is 49.9 Å². The maximum Gasteiger partial charge on any atom is 0.253 e. The van der Waals surface area contributed by atoms with Crippen LogP contribution in [0.15, 0.2) is 54.6 Å². The van der Waals surface area contributed by atoms with Crippen LogP contribution in [0.4, 0.5) is 0 Å². The summed E-state index contributed by atoms with van der Waals surface area (Å²) >= 11 is 0. The van der Waals surface area contributed by atoms with Gasteiger partial charge in [-0.25, -0.2) is 0 Å². The summed E-state index contributed by atoms with van der Waals surface area (Å²) in [7, 11) is 2.17. The number of rotatable bonds is 4. The van der Waals surface area contributed by atoms with Gasteiger partial charge in [0.05, 0.1) is 0 Å². The van der Waals surface area contributed by atoms with Gasteiger partial charge in [0.1, 0.15) is 11.5 Å². The predicted octanol–water partition coefficient (Wildman–Crippen LogP) is 2.94. The average Bonchev–Trinajstić information content (AvgIpc) is 3.20. The van der Waals surface area contributed by atoms with Gasteiger partial charge in [0.15, 0.2) is 0 Å². The Kier molecular flexibility index (Phi) is 5.41. The first-order chi connectivity index (χ1) is 13.2. The second-order valence-corrected chi connectivity index (χ2v) is 7.47. The summed E-state index contributed by atoms with van der Waals surface area (Å²) in [5, 5.41) is 0. The zero-order valence-electron chi connectivity index (χ0n) is 15.9. The molecule has 2 aromatic rings. The molecule has 0 saturated carbocycles. The van der Waals surface area contributed by atoms with Crippen LogP contribution in [-0.4, -0.2) is 73.0 Å². The van der Waals surface area contributed by atoms with E-state index < -0.39 is 0 Å². The molecule has 2 aliphatic rings. The summed E-state index contributed by atoms with van der Waals surface area (Å²) < 4.78 is 5.81. The molecule has 0 bridgehead atoms. The van der Waals surface area contributed by atoms with Crippen LogP contribution >= 0.6 is 0 Å². The van der Waals surface area contributed by atoms with Crippen LogP contribution in [0.1, 0.15) is 16.8 Å². The molecule has 2 saturated heterocycles. The number of piperazine rings is 1. The van der Waals surface area contributed by atoms with E-state index in [-0.39, 0.29) is 5.91 Å². The Morgan fingerprint density at radius 2 is 1.56 bits per heavy atom. The van der Waals surface area contributed by atoms with Gasteiger partial charge >= 0.3 is 0 Å². The Morgan fingerprint density at radius 1 is 0.889 bits per heavy atom. The number of carbonyl (C=O) groups excluding carboxylic acids is 1. The molecule has 0 radical (unpaired) electrons. The summed E-state index contributed by atoms with van der Waals surface area (Å²) in [5.74, 6) is 1.67. The number of amides is 1. The van der Waals surface area contributed by atoms with E-state index in [1.807, 2.05) is 59.5 Å². The van der Waals surface area contributed by atoms with E-state index in [1.54, 1.807) is 0 Å². The monoisotopic (exact) mass is 365 g/mol. The van der Waals surface area contributed by atoms with Crippen LogP contribution in [0.2, 0.25) is 0 Å². The van der Waals surface area contributed by atoms with Crippen LogP contribution in [0.25, 0.3) is 0 Å². The molecule has 27 heavy (non-hydrogen) atoms. The van der Waals surface area contributed by atoms with Gasteiger partial charge in [0, 0.05) is 50.9 Å². The van der Waals surface area contributed by atoms with Gasteiger partial charge in [-0.15, -0.1) is 0 Å². The summed E-state index contributed by atoms with van der Waals surface area (Å²) in [6, 6.07) is 17.7. The third kappa shape index (κ3) is 4.31. The van der Waals surface area contributed by atoms with Crippen molar-refractivity contribution in [2.24, 2.45) is 0 Å². The first-order valence-corrected chi connectivity index (χ1v) is 9.74. The molecule has 2 heterocycles. The van der Waals surface area contributed by atoms with Gasteiger partial charge in [0.25, 0.3) is 5.91 Å². The Morgan fingerprint density at radius 3 is 2.26 bits per heavy atom. The molecule has 0 aromatic heterocycles. The predicted molar refractivity (Wildman–Crippen MR) is 106 cm³/mol. The molecule has 4 rings (SSSR count). The van der Waals surface area contributed by atoms with E-state index in [9.17, 15) is 4.79 Å². The summed E-state index contributed by atoms with van der Waals surface area (Å²) in [5.41, 5.74) is 0.731. The maximum absolute atomic E-state index is 12.9. The number of likely N-dealkylation sites (N-methyl/N-ethyl adjacent to an activating group) is 1. The average molecular weight is 365 g/mol. The fraction of sp³-hybridized carbons (Fsp3) is 0.409. The fourth-order valence-electron chi connectivity index (χ4n) is 3.88. The highest BCUT2D eigenvalue weighted by Crippen LogP contribution is 2.23. The van der Waals surface area contributed by atoms with Crippen molar-refractivity contribution in [3.63, 3.8) is 0 Å². The number of benzene rings is 2.